The lowest BCUT2D eigenvalue weighted by atomic mass is 10.0. The van der Waals surface area contributed by atoms with Crippen LogP contribution in [0.3, 0.4) is 0 Å². The largest absolute Gasteiger partial charge is 0.295 e. The van der Waals surface area contributed by atoms with E-state index in [9.17, 15) is 4.79 Å². The van der Waals surface area contributed by atoms with Gasteiger partial charge in [-0.3, -0.25) is 4.79 Å². The van der Waals surface area contributed by atoms with Gasteiger partial charge in [-0.15, -0.1) is 0 Å². The van der Waals surface area contributed by atoms with E-state index in [4.69, 9.17) is 11.6 Å². The number of unbranched alkanes of at least 4 members (excludes halogenated alkanes) is 1. The van der Waals surface area contributed by atoms with Crippen LogP contribution >= 0.6 is 11.6 Å². The molecular formula is C15H19ClO. The van der Waals surface area contributed by atoms with Crippen LogP contribution in [0, 0.1) is 0 Å². The maximum absolute atomic E-state index is 11.6. The van der Waals surface area contributed by atoms with E-state index < -0.39 is 0 Å². The van der Waals surface area contributed by atoms with E-state index in [1.165, 1.54) is 5.56 Å². The third-order valence-corrected chi connectivity index (χ3v) is 2.83. The first-order chi connectivity index (χ1) is 8.11. The molecule has 0 saturated heterocycles. The lowest BCUT2D eigenvalue weighted by molar-refractivity contribution is -0.114. The Morgan fingerprint density at radius 1 is 1.29 bits per heavy atom. The zero-order chi connectivity index (χ0) is 12.7. The van der Waals surface area contributed by atoms with Crippen molar-refractivity contribution in [2.75, 3.05) is 0 Å². The number of benzene rings is 1. The summed E-state index contributed by atoms with van der Waals surface area (Å²) in [6.07, 6.45) is 5.28. The number of carbonyl (C=O) groups is 1. The third-order valence-electron chi connectivity index (χ3n) is 2.58. The van der Waals surface area contributed by atoms with Gasteiger partial charge in [0.15, 0.2) is 5.78 Å². The highest BCUT2D eigenvalue weighted by atomic mass is 35.5. The molecule has 0 aliphatic heterocycles. The van der Waals surface area contributed by atoms with Gasteiger partial charge in [-0.25, -0.2) is 0 Å². The van der Waals surface area contributed by atoms with Gasteiger partial charge >= 0.3 is 0 Å². The Bertz CT molecular complexity index is 390. The lowest BCUT2D eigenvalue weighted by Crippen LogP contribution is -1.95. The van der Waals surface area contributed by atoms with Crippen molar-refractivity contribution in [2.24, 2.45) is 0 Å². The topological polar surface area (TPSA) is 17.1 Å². The Labute approximate surface area is 108 Å². The van der Waals surface area contributed by atoms with Gasteiger partial charge in [-0.05, 0) is 43.5 Å². The van der Waals surface area contributed by atoms with Crippen LogP contribution in [-0.2, 0) is 11.2 Å². The molecule has 0 fully saturated rings. The maximum atomic E-state index is 11.6. The van der Waals surface area contributed by atoms with E-state index in [1.807, 2.05) is 31.2 Å². The first-order valence-electron chi connectivity index (χ1n) is 6.06. The molecule has 0 amide bonds. The molecule has 1 nitrogen and oxygen atoms in total. The van der Waals surface area contributed by atoms with Crippen molar-refractivity contribution in [3.63, 3.8) is 0 Å². The van der Waals surface area contributed by atoms with Crippen molar-refractivity contribution in [2.45, 2.75) is 39.5 Å². The highest BCUT2D eigenvalue weighted by Gasteiger charge is 2.00. The second kappa shape index (κ2) is 7.29. The SMILES string of the molecule is CCCCC(=O)/C=C(/C)Cc1ccc(Cl)cc1. The number of ketones is 1. The van der Waals surface area contributed by atoms with Crippen molar-refractivity contribution in [3.05, 3.63) is 46.5 Å². The molecule has 0 bridgehead atoms. The molecule has 0 heterocycles. The van der Waals surface area contributed by atoms with Crippen molar-refractivity contribution >= 4 is 17.4 Å². The van der Waals surface area contributed by atoms with Gasteiger partial charge in [0.05, 0.1) is 0 Å². The zero-order valence-corrected chi connectivity index (χ0v) is 11.3. The summed E-state index contributed by atoms with van der Waals surface area (Å²) in [4.78, 5) is 11.6. The number of halogens is 1. The summed E-state index contributed by atoms with van der Waals surface area (Å²) in [5.41, 5.74) is 2.29. The van der Waals surface area contributed by atoms with Crippen molar-refractivity contribution in [3.8, 4) is 0 Å². The summed E-state index contributed by atoms with van der Waals surface area (Å²) in [5, 5.41) is 0.745. The van der Waals surface area contributed by atoms with Crippen molar-refractivity contribution in [1.82, 2.24) is 0 Å². The van der Waals surface area contributed by atoms with Crippen molar-refractivity contribution in [1.29, 1.82) is 0 Å². The average Bonchev–Trinajstić information content (AvgIpc) is 2.29. The Hall–Kier alpha value is -1.08. The Kier molecular flexibility index (Phi) is 5.99. The summed E-state index contributed by atoms with van der Waals surface area (Å²) >= 11 is 5.82. The minimum absolute atomic E-state index is 0.235. The summed E-state index contributed by atoms with van der Waals surface area (Å²) in [6, 6.07) is 7.75. The molecule has 0 aliphatic rings. The first kappa shape index (κ1) is 14.0. The molecule has 17 heavy (non-hydrogen) atoms. The molecule has 1 rings (SSSR count). The number of carbonyl (C=O) groups excluding carboxylic acids is 1. The smallest absolute Gasteiger partial charge is 0.155 e. The number of allylic oxidation sites excluding steroid dienone is 2. The van der Waals surface area contributed by atoms with Crippen molar-refractivity contribution < 1.29 is 4.79 Å². The van der Waals surface area contributed by atoms with E-state index in [1.54, 1.807) is 6.08 Å². The van der Waals surface area contributed by atoms with Crippen LogP contribution in [0.2, 0.25) is 5.02 Å². The molecule has 0 aliphatic carbocycles. The molecule has 1 aromatic rings. The lowest BCUT2D eigenvalue weighted by Gasteiger charge is -2.02. The van der Waals surface area contributed by atoms with E-state index in [0.29, 0.717) is 6.42 Å². The quantitative estimate of drug-likeness (QED) is 0.675. The predicted molar refractivity (Wildman–Crippen MR) is 73.4 cm³/mol. The van der Waals surface area contributed by atoms with Gasteiger partial charge in [0.1, 0.15) is 0 Å². The summed E-state index contributed by atoms with van der Waals surface area (Å²) in [7, 11) is 0. The molecule has 0 atom stereocenters. The highest BCUT2D eigenvalue weighted by molar-refractivity contribution is 6.30. The van der Waals surface area contributed by atoms with Crippen LogP contribution in [0.15, 0.2) is 35.9 Å². The standard InChI is InChI=1S/C15H19ClO/c1-3-4-5-15(17)11-12(2)10-13-6-8-14(16)9-7-13/h6-9,11H,3-5,10H2,1-2H3/b12-11-. The normalized spacial score (nSPS) is 11.6. The average molecular weight is 251 g/mol. The monoisotopic (exact) mass is 250 g/mol. The van der Waals surface area contributed by atoms with Crippen LogP contribution in [-0.4, -0.2) is 5.78 Å². The summed E-state index contributed by atoms with van der Waals surface area (Å²) in [5.74, 6) is 0.235. The Morgan fingerprint density at radius 3 is 2.53 bits per heavy atom. The number of rotatable bonds is 6. The fraction of sp³-hybridized carbons (Fsp3) is 0.400. The van der Waals surface area contributed by atoms with E-state index in [0.717, 1.165) is 29.9 Å². The van der Waals surface area contributed by atoms with E-state index in [2.05, 4.69) is 6.92 Å². The minimum atomic E-state index is 0.235. The van der Waals surface area contributed by atoms with Crippen LogP contribution in [0.4, 0.5) is 0 Å². The number of hydrogen-bond donors (Lipinski definition) is 0. The molecular weight excluding hydrogens is 232 g/mol. The van der Waals surface area contributed by atoms with Crippen LogP contribution in [0.1, 0.15) is 38.7 Å². The fourth-order valence-corrected chi connectivity index (χ4v) is 1.80. The van der Waals surface area contributed by atoms with E-state index in [-0.39, 0.29) is 5.78 Å². The van der Waals surface area contributed by atoms with Gasteiger partial charge in [-0.2, -0.15) is 0 Å². The number of hydrogen-bond acceptors (Lipinski definition) is 1. The summed E-state index contributed by atoms with van der Waals surface area (Å²) in [6.45, 7) is 4.09. The molecule has 0 spiro atoms. The molecule has 92 valence electrons. The molecule has 1 aromatic carbocycles. The summed E-state index contributed by atoms with van der Waals surface area (Å²) < 4.78 is 0. The second-order valence-electron chi connectivity index (χ2n) is 4.36. The minimum Gasteiger partial charge on any atom is -0.295 e. The van der Waals surface area contributed by atoms with Gasteiger partial charge in [0.25, 0.3) is 0 Å². The van der Waals surface area contributed by atoms with Crippen LogP contribution in [0.5, 0.6) is 0 Å². The maximum Gasteiger partial charge on any atom is 0.155 e. The zero-order valence-electron chi connectivity index (χ0n) is 10.5. The molecule has 2 heteroatoms. The molecule has 0 N–H and O–H groups in total. The van der Waals surface area contributed by atoms with Gasteiger partial charge < -0.3 is 0 Å². The van der Waals surface area contributed by atoms with Crippen LogP contribution in [0.25, 0.3) is 0 Å². The highest BCUT2D eigenvalue weighted by Crippen LogP contribution is 2.13. The third kappa shape index (κ3) is 5.69. The van der Waals surface area contributed by atoms with E-state index >= 15 is 0 Å². The molecule has 0 saturated carbocycles. The van der Waals surface area contributed by atoms with Gasteiger partial charge in [0.2, 0.25) is 0 Å². The fourth-order valence-electron chi connectivity index (χ4n) is 1.67. The molecule has 0 radical (unpaired) electrons. The Balaban J connectivity index is 2.53. The molecule has 0 aromatic heterocycles. The van der Waals surface area contributed by atoms with Crippen LogP contribution < -0.4 is 0 Å². The van der Waals surface area contributed by atoms with Gasteiger partial charge in [0, 0.05) is 11.4 Å². The first-order valence-corrected chi connectivity index (χ1v) is 6.44. The van der Waals surface area contributed by atoms with Gasteiger partial charge in [-0.1, -0.05) is 42.7 Å². The molecule has 0 unspecified atom stereocenters. The predicted octanol–water partition coefficient (Wildman–Crippen LogP) is 4.59. The Morgan fingerprint density at radius 2 is 1.94 bits per heavy atom. The second-order valence-corrected chi connectivity index (χ2v) is 4.80.